The minimum atomic E-state index is -1.12. The minimum absolute atomic E-state index is 0.0462. The lowest BCUT2D eigenvalue weighted by Crippen LogP contribution is -2.43. The predicted octanol–water partition coefficient (Wildman–Crippen LogP) is 1.73. The highest BCUT2D eigenvalue weighted by Gasteiger charge is 2.27. The van der Waals surface area contributed by atoms with E-state index in [9.17, 15) is 19.5 Å². The number of esters is 1. The Hall–Kier alpha value is -1.59. The van der Waals surface area contributed by atoms with Gasteiger partial charge in [0.15, 0.2) is 0 Å². The number of ether oxygens (including phenoxy) is 1. The van der Waals surface area contributed by atoms with Crippen LogP contribution in [0.2, 0.25) is 0 Å². The Kier molecular flexibility index (Phi) is 7.19. The molecule has 0 unspecified atom stereocenters. The summed E-state index contributed by atoms with van der Waals surface area (Å²) < 4.78 is 4.85. The quantitative estimate of drug-likeness (QED) is 0.666. The number of carboxylic acid groups (broad SMARTS) is 1. The number of carbonyl (C=O) groups excluding carboxylic acids is 2. The number of amides is 1. The molecule has 120 valence electrons. The highest BCUT2D eigenvalue weighted by Crippen LogP contribution is 2.27. The molecule has 2 atom stereocenters. The van der Waals surface area contributed by atoms with Crippen LogP contribution in [0.5, 0.6) is 0 Å². The van der Waals surface area contributed by atoms with Crippen molar-refractivity contribution in [2.24, 2.45) is 11.8 Å². The van der Waals surface area contributed by atoms with Gasteiger partial charge in [0.05, 0.1) is 12.5 Å². The highest BCUT2D eigenvalue weighted by molar-refractivity contribution is 5.84. The molecular weight excluding hydrogens is 274 g/mol. The SMILES string of the molecule is CCOC(=O)[C@H](C)C[C@H](NC(=O)CC1CCCC1)C(=O)O. The van der Waals surface area contributed by atoms with Crippen LogP contribution in [0.25, 0.3) is 0 Å². The van der Waals surface area contributed by atoms with Gasteiger partial charge >= 0.3 is 11.9 Å². The molecule has 1 fully saturated rings. The second-order valence-electron chi connectivity index (χ2n) is 5.70. The summed E-state index contributed by atoms with van der Waals surface area (Å²) in [4.78, 5) is 34.7. The Labute approximate surface area is 125 Å². The number of nitrogens with one attached hydrogen (secondary N) is 1. The number of carbonyl (C=O) groups is 3. The second kappa shape index (κ2) is 8.64. The lowest BCUT2D eigenvalue weighted by atomic mass is 10.00. The number of hydrogen-bond acceptors (Lipinski definition) is 4. The maximum absolute atomic E-state index is 11.9. The van der Waals surface area contributed by atoms with Gasteiger partial charge in [-0.15, -0.1) is 0 Å². The maximum atomic E-state index is 11.9. The van der Waals surface area contributed by atoms with E-state index < -0.39 is 23.9 Å². The topological polar surface area (TPSA) is 92.7 Å². The molecule has 0 radical (unpaired) electrons. The summed E-state index contributed by atoms with van der Waals surface area (Å²) in [7, 11) is 0. The first-order valence-corrected chi connectivity index (χ1v) is 7.62. The van der Waals surface area contributed by atoms with Gasteiger partial charge in [-0.2, -0.15) is 0 Å². The van der Waals surface area contributed by atoms with Crippen LogP contribution in [-0.4, -0.2) is 35.6 Å². The fourth-order valence-electron chi connectivity index (χ4n) is 2.69. The zero-order valence-electron chi connectivity index (χ0n) is 12.8. The third-order valence-corrected chi connectivity index (χ3v) is 3.86. The van der Waals surface area contributed by atoms with Crippen molar-refractivity contribution in [1.82, 2.24) is 5.32 Å². The summed E-state index contributed by atoms with van der Waals surface area (Å²) in [6.45, 7) is 3.56. The van der Waals surface area contributed by atoms with Crippen molar-refractivity contribution in [2.45, 2.75) is 58.4 Å². The number of carboxylic acids is 1. The van der Waals surface area contributed by atoms with Crippen LogP contribution in [0.1, 0.15) is 52.4 Å². The van der Waals surface area contributed by atoms with Crippen molar-refractivity contribution in [3.63, 3.8) is 0 Å². The van der Waals surface area contributed by atoms with Gasteiger partial charge in [-0.05, 0) is 32.1 Å². The Balaban J connectivity index is 2.46. The summed E-state index contributed by atoms with van der Waals surface area (Å²) in [5, 5.41) is 11.7. The molecule has 1 amide bonds. The van der Waals surface area contributed by atoms with Gasteiger partial charge in [0.1, 0.15) is 6.04 Å². The molecule has 1 rings (SSSR count). The average molecular weight is 299 g/mol. The average Bonchev–Trinajstić information content (AvgIpc) is 2.90. The molecule has 1 saturated carbocycles. The largest absolute Gasteiger partial charge is 0.480 e. The number of hydrogen-bond donors (Lipinski definition) is 2. The van der Waals surface area contributed by atoms with Crippen LogP contribution in [0, 0.1) is 11.8 Å². The standard InChI is InChI=1S/C15H25NO5/c1-3-21-15(20)10(2)8-12(14(18)19)16-13(17)9-11-6-4-5-7-11/h10-12H,3-9H2,1-2H3,(H,16,17)(H,18,19)/t10-,12+/m1/s1. The van der Waals surface area contributed by atoms with Crippen molar-refractivity contribution in [2.75, 3.05) is 6.61 Å². The molecule has 21 heavy (non-hydrogen) atoms. The first-order chi connectivity index (χ1) is 9.93. The predicted molar refractivity (Wildman–Crippen MR) is 76.6 cm³/mol. The van der Waals surface area contributed by atoms with Crippen LogP contribution in [0.15, 0.2) is 0 Å². The van der Waals surface area contributed by atoms with Crippen molar-refractivity contribution < 1.29 is 24.2 Å². The molecule has 0 spiro atoms. The van der Waals surface area contributed by atoms with Crippen LogP contribution < -0.4 is 5.32 Å². The molecule has 0 aromatic heterocycles. The van der Waals surface area contributed by atoms with E-state index in [4.69, 9.17) is 4.74 Å². The van der Waals surface area contributed by atoms with Gasteiger partial charge in [-0.3, -0.25) is 9.59 Å². The Bertz CT molecular complexity index is 376. The fraction of sp³-hybridized carbons (Fsp3) is 0.800. The molecule has 1 aliphatic rings. The van der Waals surface area contributed by atoms with Gasteiger partial charge in [-0.1, -0.05) is 19.8 Å². The van der Waals surface area contributed by atoms with E-state index >= 15 is 0 Å². The Morgan fingerprint density at radius 1 is 1.29 bits per heavy atom. The summed E-state index contributed by atoms with van der Waals surface area (Å²) in [5.74, 6) is -2.00. The van der Waals surface area contributed by atoms with Crippen molar-refractivity contribution in [3.05, 3.63) is 0 Å². The van der Waals surface area contributed by atoms with E-state index in [0.29, 0.717) is 12.3 Å². The Morgan fingerprint density at radius 2 is 1.90 bits per heavy atom. The first kappa shape index (κ1) is 17.5. The van der Waals surface area contributed by atoms with Crippen LogP contribution in [0.3, 0.4) is 0 Å². The normalized spacial score (nSPS) is 18.0. The second-order valence-corrected chi connectivity index (χ2v) is 5.70. The van der Waals surface area contributed by atoms with E-state index in [1.54, 1.807) is 13.8 Å². The molecule has 1 aliphatic carbocycles. The van der Waals surface area contributed by atoms with E-state index in [1.807, 2.05) is 0 Å². The molecule has 6 heteroatoms. The van der Waals surface area contributed by atoms with Crippen LogP contribution in [0.4, 0.5) is 0 Å². The molecule has 2 N–H and O–H groups in total. The molecule has 6 nitrogen and oxygen atoms in total. The maximum Gasteiger partial charge on any atom is 0.326 e. The minimum Gasteiger partial charge on any atom is -0.480 e. The van der Waals surface area contributed by atoms with Crippen molar-refractivity contribution in [3.8, 4) is 0 Å². The van der Waals surface area contributed by atoms with E-state index in [-0.39, 0.29) is 18.9 Å². The zero-order valence-corrected chi connectivity index (χ0v) is 12.8. The molecule has 0 saturated heterocycles. The molecule has 0 heterocycles. The molecule has 0 aliphatic heterocycles. The van der Waals surface area contributed by atoms with E-state index in [2.05, 4.69) is 5.32 Å². The summed E-state index contributed by atoms with van der Waals surface area (Å²) >= 11 is 0. The smallest absolute Gasteiger partial charge is 0.326 e. The summed E-state index contributed by atoms with van der Waals surface area (Å²) in [5.41, 5.74) is 0. The first-order valence-electron chi connectivity index (χ1n) is 7.62. The number of aliphatic carboxylic acids is 1. The van der Waals surface area contributed by atoms with Crippen LogP contribution in [-0.2, 0) is 19.1 Å². The zero-order chi connectivity index (χ0) is 15.8. The fourth-order valence-corrected chi connectivity index (χ4v) is 2.69. The van der Waals surface area contributed by atoms with Crippen molar-refractivity contribution >= 4 is 17.8 Å². The van der Waals surface area contributed by atoms with Gasteiger partial charge in [0.25, 0.3) is 0 Å². The lowest BCUT2D eigenvalue weighted by molar-refractivity contribution is -0.149. The molecule has 0 aromatic rings. The van der Waals surface area contributed by atoms with Gasteiger partial charge in [0, 0.05) is 6.42 Å². The Morgan fingerprint density at radius 3 is 2.43 bits per heavy atom. The van der Waals surface area contributed by atoms with Gasteiger partial charge < -0.3 is 15.2 Å². The van der Waals surface area contributed by atoms with Gasteiger partial charge in [-0.25, -0.2) is 4.79 Å². The summed E-state index contributed by atoms with van der Waals surface area (Å²) in [6, 6.07) is -1.04. The van der Waals surface area contributed by atoms with Crippen LogP contribution >= 0.6 is 0 Å². The van der Waals surface area contributed by atoms with E-state index in [0.717, 1.165) is 25.7 Å². The van der Waals surface area contributed by atoms with Crippen molar-refractivity contribution in [1.29, 1.82) is 0 Å². The van der Waals surface area contributed by atoms with Gasteiger partial charge in [0.2, 0.25) is 5.91 Å². The third-order valence-electron chi connectivity index (χ3n) is 3.86. The molecule has 0 bridgehead atoms. The highest BCUT2D eigenvalue weighted by atomic mass is 16.5. The lowest BCUT2D eigenvalue weighted by Gasteiger charge is -2.19. The monoisotopic (exact) mass is 299 g/mol. The third kappa shape index (κ3) is 6.14. The molecule has 0 aromatic carbocycles. The molecular formula is C15H25NO5. The summed E-state index contributed by atoms with van der Waals surface area (Å²) in [6.07, 6.45) is 4.76. The number of rotatable bonds is 8. The van der Waals surface area contributed by atoms with E-state index in [1.165, 1.54) is 0 Å².